The molecule has 34 heavy (non-hydrogen) atoms. The van der Waals surface area contributed by atoms with E-state index in [0.717, 1.165) is 57.3 Å². The first-order valence-corrected chi connectivity index (χ1v) is 12.8. The molecule has 0 unspecified atom stereocenters. The van der Waals surface area contributed by atoms with Gasteiger partial charge >= 0.3 is 0 Å². The molecule has 0 amide bonds. The van der Waals surface area contributed by atoms with Crippen LogP contribution in [0.25, 0.3) is 0 Å². The standard InChI is InChI=1S/C29H34FN3O/c30-27-17-23(22-10-12-33(13-11-22)19-20-4-2-1-3-5-20)6-7-24(27)14-21(18-31)15-28(34)29-25-8-9-26(16-25)32-29/h1-7,17,21-22,25-26,29,32H,8-16,19H2/t21-,25+,26-,29+/m1/s1. The van der Waals surface area contributed by atoms with Crippen molar-refractivity contribution in [2.24, 2.45) is 11.8 Å². The molecule has 0 aromatic heterocycles. The first kappa shape index (κ1) is 23.2. The number of nitrogens with one attached hydrogen (secondary N) is 1. The number of carbonyl (C=O) groups is 1. The molecule has 2 aromatic carbocycles. The molecule has 2 heterocycles. The summed E-state index contributed by atoms with van der Waals surface area (Å²) >= 11 is 0. The van der Waals surface area contributed by atoms with Gasteiger partial charge in [0.05, 0.1) is 18.0 Å². The van der Waals surface area contributed by atoms with E-state index in [1.165, 1.54) is 5.56 Å². The zero-order chi connectivity index (χ0) is 23.5. The van der Waals surface area contributed by atoms with Gasteiger partial charge in [0, 0.05) is 19.0 Å². The van der Waals surface area contributed by atoms with Crippen molar-refractivity contribution in [3.8, 4) is 6.07 Å². The molecule has 5 rings (SSSR count). The van der Waals surface area contributed by atoms with E-state index < -0.39 is 5.92 Å². The second-order valence-electron chi connectivity index (χ2n) is 10.5. The molecule has 4 atom stereocenters. The zero-order valence-electron chi connectivity index (χ0n) is 19.8. The van der Waals surface area contributed by atoms with Crippen LogP contribution in [-0.4, -0.2) is 35.9 Å². The number of piperidine rings is 2. The average molecular weight is 460 g/mol. The van der Waals surface area contributed by atoms with Gasteiger partial charge in [-0.15, -0.1) is 0 Å². The topological polar surface area (TPSA) is 56.1 Å². The minimum Gasteiger partial charge on any atom is -0.304 e. The van der Waals surface area contributed by atoms with E-state index in [1.54, 1.807) is 6.07 Å². The van der Waals surface area contributed by atoms with Crippen LogP contribution >= 0.6 is 0 Å². The van der Waals surface area contributed by atoms with E-state index in [2.05, 4.69) is 40.6 Å². The van der Waals surface area contributed by atoms with Crippen LogP contribution in [0.15, 0.2) is 48.5 Å². The second-order valence-corrected chi connectivity index (χ2v) is 10.5. The number of benzene rings is 2. The third-order valence-electron chi connectivity index (χ3n) is 8.19. The lowest BCUT2D eigenvalue weighted by molar-refractivity contribution is -0.122. The number of fused-ring (bicyclic) bond motifs is 2. The molecule has 178 valence electrons. The summed E-state index contributed by atoms with van der Waals surface area (Å²) in [4.78, 5) is 15.2. The number of hydrogen-bond acceptors (Lipinski definition) is 4. The first-order valence-electron chi connectivity index (χ1n) is 12.8. The van der Waals surface area contributed by atoms with E-state index >= 15 is 4.39 Å². The molecule has 0 spiro atoms. The second kappa shape index (κ2) is 10.4. The Morgan fingerprint density at radius 3 is 2.56 bits per heavy atom. The van der Waals surface area contributed by atoms with Gasteiger partial charge in [-0.1, -0.05) is 42.5 Å². The van der Waals surface area contributed by atoms with Crippen LogP contribution in [0.3, 0.4) is 0 Å². The number of ketones is 1. The normalized spacial score (nSPS) is 25.8. The number of nitrogens with zero attached hydrogens (tertiary/aromatic N) is 2. The van der Waals surface area contributed by atoms with Crippen molar-refractivity contribution in [2.75, 3.05) is 13.1 Å². The maximum absolute atomic E-state index is 15.0. The van der Waals surface area contributed by atoms with Gasteiger partial charge in [0.1, 0.15) is 5.82 Å². The molecule has 1 aliphatic carbocycles. The third kappa shape index (κ3) is 5.24. The summed E-state index contributed by atoms with van der Waals surface area (Å²) < 4.78 is 15.0. The Kier molecular flexibility index (Phi) is 7.08. The summed E-state index contributed by atoms with van der Waals surface area (Å²) in [5.41, 5.74) is 2.93. The fraction of sp³-hybridized carbons (Fsp3) is 0.517. The fourth-order valence-corrected chi connectivity index (χ4v) is 6.26. The van der Waals surface area contributed by atoms with Crippen LogP contribution in [-0.2, 0) is 17.8 Å². The van der Waals surface area contributed by atoms with Gasteiger partial charge in [0.2, 0.25) is 0 Å². The minimum absolute atomic E-state index is 0.102. The molecule has 2 aliphatic heterocycles. The van der Waals surface area contributed by atoms with Crippen molar-refractivity contribution in [1.29, 1.82) is 5.26 Å². The van der Waals surface area contributed by atoms with Gasteiger partial charge in [-0.2, -0.15) is 5.26 Å². The molecule has 3 fully saturated rings. The Bertz CT molecular complexity index is 1040. The molecule has 3 aliphatic rings. The van der Waals surface area contributed by atoms with Crippen molar-refractivity contribution in [1.82, 2.24) is 10.2 Å². The Labute approximate surface area is 202 Å². The summed E-state index contributed by atoms with van der Waals surface area (Å²) in [6, 6.07) is 18.7. The van der Waals surface area contributed by atoms with E-state index in [-0.39, 0.29) is 24.1 Å². The Morgan fingerprint density at radius 1 is 1.12 bits per heavy atom. The summed E-state index contributed by atoms with van der Waals surface area (Å²) in [7, 11) is 0. The van der Waals surface area contributed by atoms with E-state index in [9.17, 15) is 10.1 Å². The van der Waals surface area contributed by atoms with Crippen LogP contribution in [0.1, 0.15) is 61.1 Å². The maximum Gasteiger partial charge on any atom is 0.151 e. The van der Waals surface area contributed by atoms with Crippen molar-refractivity contribution in [3.05, 3.63) is 71.0 Å². The number of halogens is 1. The highest BCUT2D eigenvalue weighted by atomic mass is 19.1. The van der Waals surface area contributed by atoms with Crippen LogP contribution in [0, 0.1) is 29.0 Å². The summed E-state index contributed by atoms with van der Waals surface area (Å²) in [6.45, 7) is 2.99. The fourth-order valence-electron chi connectivity index (χ4n) is 6.26. The highest BCUT2D eigenvalue weighted by Gasteiger charge is 2.42. The van der Waals surface area contributed by atoms with E-state index in [4.69, 9.17) is 0 Å². The molecular weight excluding hydrogens is 425 g/mol. The third-order valence-corrected chi connectivity index (χ3v) is 8.19. The number of nitriles is 1. The molecule has 1 saturated carbocycles. The van der Waals surface area contributed by atoms with E-state index in [1.807, 2.05) is 18.2 Å². The number of likely N-dealkylation sites (tertiary alicyclic amines) is 1. The minimum atomic E-state index is -0.477. The van der Waals surface area contributed by atoms with Crippen LogP contribution in [0.5, 0.6) is 0 Å². The molecule has 2 bridgehead atoms. The smallest absolute Gasteiger partial charge is 0.151 e. The van der Waals surface area contributed by atoms with Gasteiger partial charge in [0.15, 0.2) is 5.78 Å². The zero-order valence-corrected chi connectivity index (χ0v) is 19.8. The number of rotatable bonds is 8. The SMILES string of the molecule is N#C[C@@H](CC(=O)[C@H]1N[C@@H]2CC[C@H]1C2)Cc1ccc(C2CCN(Cc3ccccc3)CC2)cc1F. The summed E-state index contributed by atoms with van der Waals surface area (Å²) in [5.74, 6) is 0.197. The Hall–Kier alpha value is -2.55. The Morgan fingerprint density at radius 2 is 1.91 bits per heavy atom. The average Bonchev–Trinajstić information content (AvgIpc) is 3.50. The molecule has 4 nitrogen and oxygen atoms in total. The van der Waals surface area contributed by atoms with Gasteiger partial charge in [-0.05, 0) is 86.2 Å². The largest absolute Gasteiger partial charge is 0.304 e. The summed E-state index contributed by atoms with van der Waals surface area (Å²) in [6.07, 6.45) is 5.89. The first-order chi connectivity index (χ1) is 16.6. The number of Topliss-reactive ketones (excluding diaryl/α,β-unsaturated/α-hetero) is 1. The maximum atomic E-state index is 15.0. The van der Waals surface area contributed by atoms with Gasteiger partial charge in [-0.3, -0.25) is 9.69 Å². The lowest BCUT2D eigenvalue weighted by Gasteiger charge is -2.32. The number of carbonyl (C=O) groups excluding carboxylic acids is 1. The van der Waals surface area contributed by atoms with Crippen LogP contribution in [0.4, 0.5) is 4.39 Å². The predicted octanol–water partition coefficient (Wildman–Crippen LogP) is 4.99. The molecular formula is C29H34FN3O. The van der Waals surface area contributed by atoms with E-state index in [0.29, 0.717) is 29.9 Å². The van der Waals surface area contributed by atoms with Crippen molar-refractivity contribution < 1.29 is 9.18 Å². The van der Waals surface area contributed by atoms with Gasteiger partial charge < -0.3 is 5.32 Å². The van der Waals surface area contributed by atoms with Gasteiger partial charge in [-0.25, -0.2) is 4.39 Å². The quantitative estimate of drug-likeness (QED) is 0.604. The van der Waals surface area contributed by atoms with Crippen LogP contribution in [0.2, 0.25) is 0 Å². The van der Waals surface area contributed by atoms with Crippen molar-refractivity contribution in [2.45, 2.75) is 69.5 Å². The predicted molar refractivity (Wildman–Crippen MR) is 131 cm³/mol. The monoisotopic (exact) mass is 459 g/mol. The molecule has 2 saturated heterocycles. The van der Waals surface area contributed by atoms with Crippen molar-refractivity contribution >= 4 is 5.78 Å². The molecule has 1 N–H and O–H groups in total. The lowest BCUT2D eigenvalue weighted by atomic mass is 9.86. The highest BCUT2D eigenvalue weighted by molar-refractivity contribution is 5.85. The Balaban J connectivity index is 1.14. The van der Waals surface area contributed by atoms with Crippen LogP contribution < -0.4 is 5.32 Å². The van der Waals surface area contributed by atoms with Crippen molar-refractivity contribution in [3.63, 3.8) is 0 Å². The molecule has 0 radical (unpaired) electrons. The summed E-state index contributed by atoms with van der Waals surface area (Å²) in [5, 5.41) is 13.1. The number of hydrogen-bond donors (Lipinski definition) is 1. The molecule has 5 heteroatoms. The van der Waals surface area contributed by atoms with Gasteiger partial charge in [0.25, 0.3) is 0 Å². The molecule has 2 aromatic rings. The highest BCUT2D eigenvalue weighted by Crippen LogP contribution is 2.36. The lowest BCUT2D eigenvalue weighted by Crippen LogP contribution is -2.42.